The molecule has 0 amide bonds. The second-order valence-electron chi connectivity index (χ2n) is 5.05. The summed E-state index contributed by atoms with van der Waals surface area (Å²) < 4.78 is 0. The van der Waals surface area contributed by atoms with E-state index >= 15 is 0 Å². The van der Waals surface area contributed by atoms with E-state index in [0.717, 1.165) is 5.31 Å². The summed E-state index contributed by atoms with van der Waals surface area (Å²) in [6.45, 7) is 5.51. The summed E-state index contributed by atoms with van der Waals surface area (Å²) in [7, 11) is 0. The van der Waals surface area contributed by atoms with Gasteiger partial charge in [0.2, 0.25) is 0 Å². The first-order valence-corrected chi connectivity index (χ1v) is 9.16. The molecule has 2 rings (SSSR count). The van der Waals surface area contributed by atoms with E-state index < -0.39 is 6.89 Å². The molecule has 0 aliphatic carbocycles. The van der Waals surface area contributed by atoms with E-state index in [1.807, 2.05) is 55.2 Å². The molecule has 2 heteroatoms. The summed E-state index contributed by atoms with van der Waals surface area (Å²) in [6, 6.07) is 20.5. The molecule has 0 saturated carbocycles. The van der Waals surface area contributed by atoms with Crippen LogP contribution >= 0.6 is 6.89 Å². The van der Waals surface area contributed by atoms with E-state index in [-0.39, 0.29) is 5.78 Å². The van der Waals surface area contributed by atoms with E-state index in [1.54, 1.807) is 6.92 Å². The van der Waals surface area contributed by atoms with Gasteiger partial charge in [-0.25, -0.2) is 0 Å². The van der Waals surface area contributed by atoms with Crippen LogP contribution in [0.4, 0.5) is 0 Å². The van der Waals surface area contributed by atoms with E-state index in [2.05, 4.69) is 36.9 Å². The maximum atomic E-state index is 12.1. The van der Waals surface area contributed by atoms with Crippen molar-refractivity contribution in [3.05, 3.63) is 84.7 Å². The molecule has 2 aromatic rings. The van der Waals surface area contributed by atoms with E-state index in [1.165, 1.54) is 10.6 Å². The minimum absolute atomic E-state index is 0.0854. The molecule has 112 valence electrons. The lowest BCUT2D eigenvalue weighted by Crippen LogP contribution is -2.20. The Morgan fingerprint density at radius 1 is 0.955 bits per heavy atom. The van der Waals surface area contributed by atoms with Gasteiger partial charge in [-0.3, -0.25) is 4.79 Å². The summed E-state index contributed by atoms with van der Waals surface area (Å²) in [6.07, 6.45) is 3.95. The third-order valence-electron chi connectivity index (χ3n) is 3.61. The molecule has 0 fully saturated rings. The van der Waals surface area contributed by atoms with E-state index in [4.69, 9.17) is 0 Å². The number of rotatable bonds is 5. The minimum Gasteiger partial charge on any atom is -0.295 e. The van der Waals surface area contributed by atoms with Crippen molar-refractivity contribution < 1.29 is 4.79 Å². The van der Waals surface area contributed by atoms with Crippen molar-refractivity contribution in [3.63, 3.8) is 0 Å². The van der Waals surface area contributed by atoms with Gasteiger partial charge in [-0.1, -0.05) is 79.4 Å². The molecular formula is C20H21OP. The van der Waals surface area contributed by atoms with Crippen molar-refractivity contribution in [2.24, 2.45) is 0 Å². The number of carbonyl (C=O) groups is 1. The first kappa shape index (κ1) is 16.3. The zero-order valence-electron chi connectivity index (χ0n) is 13.1. The van der Waals surface area contributed by atoms with Crippen LogP contribution in [0.15, 0.2) is 84.7 Å². The van der Waals surface area contributed by atoms with Crippen LogP contribution < -0.4 is 10.6 Å². The second kappa shape index (κ2) is 7.24. The molecule has 0 saturated heterocycles. The predicted molar refractivity (Wildman–Crippen MR) is 99.8 cm³/mol. The highest BCUT2D eigenvalue weighted by Gasteiger charge is 2.25. The van der Waals surface area contributed by atoms with Crippen LogP contribution in [0.2, 0.25) is 0 Å². The lowest BCUT2D eigenvalue weighted by Gasteiger charge is -2.29. The number of benzene rings is 2. The highest BCUT2D eigenvalue weighted by molar-refractivity contribution is 7.92. The van der Waals surface area contributed by atoms with Crippen molar-refractivity contribution in [1.29, 1.82) is 0 Å². The highest BCUT2D eigenvalue weighted by Crippen LogP contribution is 2.53. The molecule has 22 heavy (non-hydrogen) atoms. The van der Waals surface area contributed by atoms with Gasteiger partial charge in [0.05, 0.1) is 0 Å². The Morgan fingerprint density at radius 2 is 1.41 bits per heavy atom. The summed E-state index contributed by atoms with van der Waals surface area (Å²) >= 11 is 0. The van der Waals surface area contributed by atoms with Gasteiger partial charge in [-0.2, -0.15) is 0 Å². The van der Waals surface area contributed by atoms with Crippen LogP contribution in [0.1, 0.15) is 13.8 Å². The molecule has 0 aromatic heterocycles. The van der Waals surface area contributed by atoms with Crippen molar-refractivity contribution in [3.8, 4) is 0 Å². The molecule has 1 nitrogen and oxygen atoms in total. The highest BCUT2D eigenvalue weighted by atomic mass is 31.2. The Bertz CT molecular complexity index is 696. The average Bonchev–Trinajstić information content (AvgIpc) is 2.56. The van der Waals surface area contributed by atoms with Crippen molar-refractivity contribution in [2.75, 3.05) is 0 Å². The number of hydrogen-bond donors (Lipinski definition) is 0. The van der Waals surface area contributed by atoms with Crippen molar-refractivity contribution in [1.82, 2.24) is 0 Å². The van der Waals surface area contributed by atoms with Gasteiger partial charge < -0.3 is 0 Å². The number of ketones is 1. The molecule has 0 unspecified atom stereocenters. The number of hydrogen-bond acceptors (Lipinski definition) is 1. The smallest absolute Gasteiger partial charge is 0.153 e. The van der Waals surface area contributed by atoms with Gasteiger partial charge >= 0.3 is 0 Å². The molecule has 0 spiro atoms. The Hall–Kier alpha value is -2.11. The first-order valence-electron chi connectivity index (χ1n) is 7.31. The fourth-order valence-electron chi connectivity index (χ4n) is 2.74. The number of carbonyl (C=O) groups excluding carboxylic acids is 1. The zero-order chi connectivity index (χ0) is 16.0. The van der Waals surface area contributed by atoms with E-state index in [0.29, 0.717) is 0 Å². The molecular weight excluding hydrogens is 287 g/mol. The van der Waals surface area contributed by atoms with Crippen LogP contribution in [0.3, 0.4) is 0 Å². The third kappa shape index (κ3) is 3.05. The maximum Gasteiger partial charge on any atom is 0.153 e. The van der Waals surface area contributed by atoms with Crippen LogP contribution in [-0.4, -0.2) is 11.6 Å². The minimum atomic E-state index is -2.10. The normalized spacial score (nSPS) is 11.8. The average molecular weight is 308 g/mol. The number of allylic oxidation sites excluding steroid dienone is 3. The van der Waals surface area contributed by atoms with Gasteiger partial charge in [-0.15, -0.1) is 0 Å². The molecule has 0 heterocycles. The maximum absolute atomic E-state index is 12.1. The van der Waals surface area contributed by atoms with Crippen LogP contribution in [0, 0.1) is 0 Å². The molecule has 2 aromatic carbocycles. The second-order valence-corrected chi connectivity index (χ2v) is 8.30. The molecule has 0 radical (unpaired) electrons. The monoisotopic (exact) mass is 308 g/mol. The van der Waals surface area contributed by atoms with Gasteiger partial charge in [0.1, 0.15) is 0 Å². The fourth-order valence-corrected chi connectivity index (χ4v) is 6.60. The third-order valence-corrected chi connectivity index (χ3v) is 7.85. The Kier molecular flexibility index (Phi) is 5.35. The van der Waals surface area contributed by atoms with Crippen LogP contribution in [-0.2, 0) is 4.79 Å². The largest absolute Gasteiger partial charge is 0.295 e. The molecule has 0 atom stereocenters. The standard InChI is InChI=1S/C20H21OP/c1-4-18(5-2)22(16-17(3)21,19-12-8-6-9-13-19)20-14-10-7-11-15-20/h4-16H,1H2,2-3H3/b18-5+. The lowest BCUT2D eigenvalue weighted by atomic mass is 10.4. The summed E-state index contributed by atoms with van der Waals surface area (Å²) in [5.41, 5.74) is 0. The molecule has 0 bridgehead atoms. The van der Waals surface area contributed by atoms with Crippen LogP contribution in [0.25, 0.3) is 0 Å². The Morgan fingerprint density at radius 3 is 1.73 bits per heavy atom. The van der Waals surface area contributed by atoms with Gasteiger partial charge in [0.25, 0.3) is 0 Å². The number of Topliss-reactive ketones (excluding diaryl/α,β-unsaturated/α-hetero) is 1. The lowest BCUT2D eigenvalue weighted by molar-refractivity contribution is -0.110. The van der Waals surface area contributed by atoms with Gasteiger partial charge in [-0.05, 0) is 42.5 Å². The Balaban J connectivity index is 2.95. The quantitative estimate of drug-likeness (QED) is 0.599. The fraction of sp³-hybridized carbons (Fsp3) is 0.100. The van der Waals surface area contributed by atoms with Gasteiger partial charge in [0.15, 0.2) is 5.78 Å². The predicted octanol–water partition coefficient (Wildman–Crippen LogP) is 4.14. The van der Waals surface area contributed by atoms with Crippen molar-refractivity contribution in [2.45, 2.75) is 13.8 Å². The van der Waals surface area contributed by atoms with Gasteiger partial charge in [0, 0.05) is 0 Å². The van der Waals surface area contributed by atoms with Crippen molar-refractivity contribution >= 4 is 29.1 Å². The first-order chi connectivity index (χ1) is 10.6. The van der Waals surface area contributed by atoms with Crippen LogP contribution in [0.5, 0.6) is 0 Å². The molecule has 0 aliphatic heterocycles. The summed E-state index contributed by atoms with van der Waals surface area (Å²) in [4.78, 5) is 12.1. The Labute approximate surface area is 133 Å². The molecule has 0 aliphatic rings. The molecule has 0 N–H and O–H groups in total. The summed E-state index contributed by atoms with van der Waals surface area (Å²) in [5, 5.41) is 3.45. The topological polar surface area (TPSA) is 17.1 Å². The van der Waals surface area contributed by atoms with E-state index in [9.17, 15) is 4.79 Å². The zero-order valence-corrected chi connectivity index (χ0v) is 14.0. The SMILES string of the molecule is C=C/C(=C\C)P(=CC(C)=O)(c1ccccc1)c1ccccc1. The summed E-state index contributed by atoms with van der Waals surface area (Å²) in [5.74, 6) is 1.98.